The molecule has 0 bridgehead atoms. The highest BCUT2D eigenvalue weighted by molar-refractivity contribution is 5.96. The van der Waals surface area contributed by atoms with E-state index in [0.29, 0.717) is 6.07 Å². The second-order valence-corrected chi connectivity index (χ2v) is 6.32. The second-order valence-electron chi connectivity index (χ2n) is 6.32. The van der Waals surface area contributed by atoms with Gasteiger partial charge in [-0.1, -0.05) is 6.07 Å². The largest absolute Gasteiger partial charge is 0.416 e. The molecule has 0 atom stereocenters. The summed E-state index contributed by atoms with van der Waals surface area (Å²) in [7, 11) is 0. The van der Waals surface area contributed by atoms with Gasteiger partial charge in [-0.15, -0.1) is 0 Å². The van der Waals surface area contributed by atoms with Gasteiger partial charge >= 0.3 is 6.18 Å². The highest BCUT2D eigenvalue weighted by Gasteiger charge is 2.32. The third-order valence-electron chi connectivity index (χ3n) is 4.40. The Morgan fingerprint density at radius 1 is 0.750 bits per heavy atom. The van der Waals surface area contributed by atoms with Crippen molar-refractivity contribution >= 4 is 11.8 Å². The number of amides is 2. The molecule has 1 heterocycles. The van der Waals surface area contributed by atoms with Crippen LogP contribution in [-0.4, -0.2) is 47.8 Å². The van der Waals surface area contributed by atoms with E-state index in [1.54, 1.807) is 0 Å². The lowest BCUT2D eigenvalue weighted by atomic mass is 10.1. The molecule has 9 heteroatoms. The highest BCUT2D eigenvalue weighted by Crippen LogP contribution is 2.29. The van der Waals surface area contributed by atoms with Crippen molar-refractivity contribution in [1.29, 1.82) is 0 Å². The van der Waals surface area contributed by atoms with Crippen molar-refractivity contribution in [3.05, 3.63) is 70.8 Å². The van der Waals surface area contributed by atoms with E-state index in [4.69, 9.17) is 0 Å². The van der Waals surface area contributed by atoms with E-state index in [9.17, 15) is 31.5 Å². The monoisotopic (exact) mass is 398 g/mol. The number of hydrogen-bond donors (Lipinski definition) is 0. The minimum absolute atomic E-state index is 0.0956. The highest BCUT2D eigenvalue weighted by atomic mass is 19.4. The summed E-state index contributed by atoms with van der Waals surface area (Å²) < 4.78 is 65.0. The standard InChI is InChI=1S/C19H15F5N2O2/c20-15-9-13(10-16(21)11-15)18(28)26-6-4-25(5-7-26)17(27)12-2-1-3-14(8-12)19(22,23)24/h1-3,8-11H,4-7H2. The van der Waals surface area contributed by atoms with Crippen LogP contribution in [0.5, 0.6) is 0 Å². The first-order valence-electron chi connectivity index (χ1n) is 8.37. The number of benzene rings is 2. The van der Waals surface area contributed by atoms with Crippen molar-refractivity contribution in [2.24, 2.45) is 0 Å². The Morgan fingerprint density at radius 3 is 1.75 bits per heavy atom. The number of halogens is 5. The normalized spacial score (nSPS) is 14.9. The lowest BCUT2D eigenvalue weighted by Crippen LogP contribution is -2.50. The molecule has 2 amide bonds. The fourth-order valence-electron chi connectivity index (χ4n) is 2.98. The molecule has 3 rings (SSSR count). The van der Waals surface area contributed by atoms with Crippen molar-refractivity contribution in [2.45, 2.75) is 6.18 Å². The number of alkyl halides is 3. The molecule has 1 aliphatic heterocycles. The van der Waals surface area contributed by atoms with Gasteiger partial charge in [-0.3, -0.25) is 9.59 Å². The summed E-state index contributed by atoms with van der Waals surface area (Å²) in [5.74, 6) is -2.90. The van der Waals surface area contributed by atoms with Gasteiger partial charge in [0.1, 0.15) is 11.6 Å². The second kappa shape index (κ2) is 7.57. The van der Waals surface area contributed by atoms with Crippen molar-refractivity contribution in [3.63, 3.8) is 0 Å². The SMILES string of the molecule is O=C(c1cc(F)cc(F)c1)N1CCN(C(=O)c2cccc(C(F)(F)F)c2)CC1. The molecule has 4 nitrogen and oxygen atoms in total. The van der Waals surface area contributed by atoms with Gasteiger partial charge in [0.25, 0.3) is 11.8 Å². The van der Waals surface area contributed by atoms with Crippen molar-refractivity contribution in [3.8, 4) is 0 Å². The van der Waals surface area contributed by atoms with Crippen molar-refractivity contribution in [2.75, 3.05) is 26.2 Å². The zero-order valence-electron chi connectivity index (χ0n) is 14.5. The maximum absolute atomic E-state index is 13.3. The van der Waals surface area contributed by atoms with E-state index in [1.165, 1.54) is 15.9 Å². The lowest BCUT2D eigenvalue weighted by Gasteiger charge is -2.35. The van der Waals surface area contributed by atoms with Crippen LogP contribution in [0.2, 0.25) is 0 Å². The van der Waals surface area contributed by atoms with Crippen LogP contribution in [-0.2, 0) is 6.18 Å². The summed E-state index contributed by atoms with van der Waals surface area (Å²) in [4.78, 5) is 27.5. The molecule has 1 saturated heterocycles. The van der Waals surface area contributed by atoms with E-state index < -0.39 is 35.2 Å². The molecule has 1 fully saturated rings. The fourth-order valence-corrected chi connectivity index (χ4v) is 2.98. The van der Waals surface area contributed by atoms with Crippen LogP contribution in [0.1, 0.15) is 26.3 Å². The zero-order valence-corrected chi connectivity index (χ0v) is 14.5. The maximum atomic E-state index is 13.3. The molecule has 0 N–H and O–H groups in total. The van der Waals surface area contributed by atoms with E-state index in [2.05, 4.69) is 0 Å². The van der Waals surface area contributed by atoms with E-state index in [-0.39, 0.29) is 37.3 Å². The Balaban J connectivity index is 1.67. The number of carbonyl (C=O) groups excluding carboxylic acids is 2. The summed E-state index contributed by atoms with van der Waals surface area (Å²) in [5, 5.41) is 0. The first-order valence-corrected chi connectivity index (χ1v) is 8.37. The molecule has 0 aromatic heterocycles. The molecular weight excluding hydrogens is 383 g/mol. The number of hydrogen-bond acceptors (Lipinski definition) is 2. The lowest BCUT2D eigenvalue weighted by molar-refractivity contribution is -0.137. The molecule has 2 aromatic rings. The Hall–Kier alpha value is -2.97. The molecule has 0 spiro atoms. The Kier molecular flexibility index (Phi) is 5.35. The molecule has 2 aromatic carbocycles. The van der Waals surface area contributed by atoms with Gasteiger partial charge in [0.05, 0.1) is 5.56 Å². The summed E-state index contributed by atoms with van der Waals surface area (Å²) in [6.45, 7) is 0.389. The van der Waals surface area contributed by atoms with Gasteiger partial charge in [0, 0.05) is 43.4 Å². The third kappa shape index (κ3) is 4.29. The third-order valence-corrected chi connectivity index (χ3v) is 4.40. The van der Waals surface area contributed by atoms with Crippen LogP contribution in [0.15, 0.2) is 42.5 Å². The van der Waals surface area contributed by atoms with Crippen molar-refractivity contribution in [1.82, 2.24) is 9.80 Å². The average Bonchev–Trinajstić information content (AvgIpc) is 2.65. The Bertz CT molecular complexity index is 885. The minimum atomic E-state index is -4.55. The molecule has 0 saturated carbocycles. The Labute approximate surface area is 157 Å². The molecule has 28 heavy (non-hydrogen) atoms. The van der Waals surface area contributed by atoms with Gasteiger partial charge < -0.3 is 9.80 Å². The number of rotatable bonds is 2. The number of nitrogens with zero attached hydrogens (tertiary/aromatic N) is 2. The van der Waals surface area contributed by atoms with Crippen LogP contribution in [0.3, 0.4) is 0 Å². The number of piperazine rings is 1. The van der Waals surface area contributed by atoms with E-state index in [1.807, 2.05) is 0 Å². The predicted octanol–water partition coefficient (Wildman–Crippen LogP) is 3.58. The topological polar surface area (TPSA) is 40.6 Å². The summed E-state index contributed by atoms with van der Waals surface area (Å²) in [6, 6.07) is 6.62. The van der Waals surface area contributed by atoms with E-state index >= 15 is 0 Å². The molecule has 148 valence electrons. The van der Waals surface area contributed by atoms with Crippen LogP contribution in [0.4, 0.5) is 22.0 Å². The molecule has 0 radical (unpaired) electrons. The molecule has 1 aliphatic rings. The summed E-state index contributed by atoms with van der Waals surface area (Å²) >= 11 is 0. The Morgan fingerprint density at radius 2 is 1.25 bits per heavy atom. The zero-order chi connectivity index (χ0) is 20.5. The van der Waals surface area contributed by atoms with Gasteiger partial charge in [-0.25, -0.2) is 8.78 Å². The first kappa shape index (κ1) is 19.8. The van der Waals surface area contributed by atoms with Crippen LogP contribution >= 0.6 is 0 Å². The van der Waals surface area contributed by atoms with Gasteiger partial charge in [0.15, 0.2) is 0 Å². The predicted molar refractivity (Wildman–Crippen MR) is 89.6 cm³/mol. The van der Waals surface area contributed by atoms with Gasteiger partial charge in [0.2, 0.25) is 0 Å². The summed E-state index contributed by atoms with van der Waals surface area (Å²) in [6.07, 6.45) is -4.55. The first-order chi connectivity index (χ1) is 13.1. The van der Waals surface area contributed by atoms with Gasteiger partial charge in [-0.2, -0.15) is 13.2 Å². The molecule has 0 aliphatic carbocycles. The smallest absolute Gasteiger partial charge is 0.335 e. The average molecular weight is 398 g/mol. The minimum Gasteiger partial charge on any atom is -0.335 e. The van der Waals surface area contributed by atoms with Crippen LogP contribution in [0, 0.1) is 11.6 Å². The van der Waals surface area contributed by atoms with E-state index in [0.717, 1.165) is 30.3 Å². The van der Waals surface area contributed by atoms with Crippen LogP contribution in [0.25, 0.3) is 0 Å². The molecule has 0 unspecified atom stereocenters. The fraction of sp³-hybridized carbons (Fsp3) is 0.263. The molecular formula is C19H15F5N2O2. The van der Waals surface area contributed by atoms with Crippen molar-refractivity contribution < 1.29 is 31.5 Å². The maximum Gasteiger partial charge on any atom is 0.416 e. The quantitative estimate of drug-likeness (QED) is 0.726. The summed E-state index contributed by atoms with van der Waals surface area (Å²) in [5.41, 5.74) is -1.16. The van der Waals surface area contributed by atoms with Gasteiger partial charge in [-0.05, 0) is 30.3 Å². The number of carbonyl (C=O) groups is 2. The van der Waals surface area contributed by atoms with Crippen LogP contribution < -0.4 is 0 Å².